The van der Waals surface area contributed by atoms with E-state index in [1.807, 2.05) is 35.2 Å². The van der Waals surface area contributed by atoms with Crippen LogP contribution in [0.5, 0.6) is 5.75 Å². The summed E-state index contributed by atoms with van der Waals surface area (Å²) in [5.74, 6) is 1.41. The lowest BCUT2D eigenvalue weighted by molar-refractivity contribution is -0.146. The van der Waals surface area contributed by atoms with E-state index in [4.69, 9.17) is 9.47 Å². The van der Waals surface area contributed by atoms with Gasteiger partial charge < -0.3 is 19.3 Å². The number of benzene rings is 1. The Balaban J connectivity index is 1.45. The molecule has 1 aromatic rings. The van der Waals surface area contributed by atoms with Gasteiger partial charge in [0.05, 0.1) is 19.8 Å². The monoisotopic (exact) mass is 400 g/mol. The second-order valence-electron chi connectivity index (χ2n) is 8.50. The van der Waals surface area contributed by atoms with Gasteiger partial charge in [-0.05, 0) is 30.9 Å². The Kier molecular flexibility index (Phi) is 6.70. The zero-order valence-corrected chi connectivity index (χ0v) is 17.1. The number of morpholine rings is 1. The molecule has 1 saturated carbocycles. The second kappa shape index (κ2) is 9.61. The van der Waals surface area contributed by atoms with Crippen LogP contribution in [-0.2, 0) is 14.3 Å². The van der Waals surface area contributed by atoms with Gasteiger partial charge in [0.25, 0.3) is 0 Å². The van der Waals surface area contributed by atoms with Gasteiger partial charge >= 0.3 is 0 Å². The Morgan fingerprint density at radius 2 is 1.76 bits per heavy atom. The van der Waals surface area contributed by atoms with Gasteiger partial charge in [-0.2, -0.15) is 0 Å². The number of likely N-dealkylation sites (tertiary alicyclic amines) is 1. The minimum atomic E-state index is -0.419. The maximum Gasteiger partial charge on any atom is 0.245 e. The summed E-state index contributed by atoms with van der Waals surface area (Å²) in [7, 11) is 0. The lowest BCUT2D eigenvalue weighted by Crippen LogP contribution is -2.51. The minimum Gasteiger partial charge on any atom is -0.488 e. The van der Waals surface area contributed by atoms with Crippen molar-refractivity contribution in [2.24, 2.45) is 5.92 Å². The molecule has 0 bridgehead atoms. The van der Waals surface area contributed by atoms with Crippen molar-refractivity contribution in [3.8, 4) is 5.75 Å². The van der Waals surface area contributed by atoms with E-state index in [2.05, 4.69) is 0 Å². The summed E-state index contributed by atoms with van der Waals surface area (Å²) in [6.45, 7) is 2.83. The highest BCUT2D eigenvalue weighted by molar-refractivity contribution is 5.88. The largest absolute Gasteiger partial charge is 0.488 e. The standard InChI is InChI=1S/C23H32N2O4/c26-22(15-18-7-3-1-4-8-18)25-17-20(29-19-9-5-2-6-10-19)16-21(25)23(27)24-11-13-28-14-12-24/h2,5-6,9-10,18,20-21H,1,3-4,7-8,11-17H2. The predicted molar refractivity (Wildman–Crippen MR) is 110 cm³/mol. The Morgan fingerprint density at radius 1 is 1.03 bits per heavy atom. The van der Waals surface area contributed by atoms with E-state index in [1.165, 1.54) is 19.3 Å². The first-order valence-electron chi connectivity index (χ1n) is 11.1. The van der Waals surface area contributed by atoms with Crippen LogP contribution < -0.4 is 4.74 Å². The van der Waals surface area contributed by atoms with E-state index in [9.17, 15) is 9.59 Å². The number of rotatable bonds is 5. The predicted octanol–water partition coefficient (Wildman–Crippen LogP) is 2.86. The third-order valence-electron chi connectivity index (χ3n) is 6.42. The number of nitrogens with zero attached hydrogens (tertiary/aromatic N) is 2. The van der Waals surface area contributed by atoms with Crippen molar-refractivity contribution < 1.29 is 19.1 Å². The van der Waals surface area contributed by atoms with Crippen LogP contribution in [0.25, 0.3) is 0 Å². The SMILES string of the molecule is O=C(C1CC(Oc2ccccc2)CN1C(=O)CC1CCCCC1)N1CCOCC1. The molecule has 0 radical (unpaired) electrons. The van der Waals surface area contributed by atoms with Gasteiger partial charge in [-0.3, -0.25) is 9.59 Å². The quantitative estimate of drug-likeness (QED) is 0.763. The van der Waals surface area contributed by atoms with Crippen molar-refractivity contribution in [2.75, 3.05) is 32.8 Å². The van der Waals surface area contributed by atoms with Crippen molar-refractivity contribution in [3.63, 3.8) is 0 Å². The van der Waals surface area contributed by atoms with E-state index >= 15 is 0 Å². The normalized spacial score (nSPS) is 25.8. The Labute approximate surface area is 173 Å². The molecular formula is C23H32N2O4. The highest BCUT2D eigenvalue weighted by Gasteiger charge is 2.42. The number of para-hydroxylation sites is 1. The van der Waals surface area contributed by atoms with Gasteiger partial charge in [0.2, 0.25) is 11.8 Å². The highest BCUT2D eigenvalue weighted by Crippen LogP contribution is 2.30. The van der Waals surface area contributed by atoms with Gasteiger partial charge in [0.15, 0.2) is 0 Å². The molecule has 2 atom stereocenters. The molecule has 2 amide bonds. The summed E-state index contributed by atoms with van der Waals surface area (Å²) >= 11 is 0. The Morgan fingerprint density at radius 3 is 2.48 bits per heavy atom. The van der Waals surface area contributed by atoms with Crippen molar-refractivity contribution in [1.29, 1.82) is 0 Å². The number of hydrogen-bond acceptors (Lipinski definition) is 4. The molecule has 1 aliphatic carbocycles. The molecule has 3 aliphatic rings. The maximum absolute atomic E-state index is 13.2. The molecule has 0 spiro atoms. The smallest absolute Gasteiger partial charge is 0.245 e. The van der Waals surface area contributed by atoms with Gasteiger partial charge in [-0.15, -0.1) is 0 Å². The fourth-order valence-corrected chi connectivity index (χ4v) is 4.83. The molecule has 3 fully saturated rings. The Bertz CT molecular complexity index is 683. The highest BCUT2D eigenvalue weighted by atomic mass is 16.5. The lowest BCUT2D eigenvalue weighted by atomic mass is 9.86. The fraction of sp³-hybridized carbons (Fsp3) is 0.652. The van der Waals surface area contributed by atoms with Crippen molar-refractivity contribution in [2.45, 2.75) is 57.1 Å². The molecule has 0 aromatic heterocycles. The van der Waals surface area contributed by atoms with Crippen LogP contribution >= 0.6 is 0 Å². The van der Waals surface area contributed by atoms with Crippen molar-refractivity contribution in [3.05, 3.63) is 30.3 Å². The van der Waals surface area contributed by atoms with Crippen molar-refractivity contribution >= 4 is 11.8 Å². The lowest BCUT2D eigenvalue weighted by Gasteiger charge is -2.33. The van der Waals surface area contributed by atoms with Crippen LogP contribution in [0.1, 0.15) is 44.9 Å². The summed E-state index contributed by atoms with van der Waals surface area (Å²) in [5.41, 5.74) is 0. The average molecular weight is 401 g/mol. The van der Waals surface area contributed by atoms with E-state index in [-0.39, 0.29) is 17.9 Å². The first kappa shape index (κ1) is 20.2. The van der Waals surface area contributed by atoms with Gasteiger partial charge in [0.1, 0.15) is 17.9 Å². The van der Waals surface area contributed by atoms with Crippen LogP contribution in [0.3, 0.4) is 0 Å². The van der Waals surface area contributed by atoms with E-state index < -0.39 is 6.04 Å². The van der Waals surface area contributed by atoms with E-state index in [0.29, 0.717) is 51.6 Å². The minimum absolute atomic E-state index is 0.0458. The zero-order valence-electron chi connectivity index (χ0n) is 17.1. The summed E-state index contributed by atoms with van der Waals surface area (Å²) < 4.78 is 11.5. The first-order valence-corrected chi connectivity index (χ1v) is 11.1. The molecule has 29 heavy (non-hydrogen) atoms. The molecule has 2 heterocycles. The number of carbonyl (C=O) groups excluding carboxylic acids is 2. The molecule has 6 nitrogen and oxygen atoms in total. The molecule has 2 aliphatic heterocycles. The third kappa shape index (κ3) is 5.10. The second-order valence-corrected chi connectivity index (χ2v) is 8.50. The molecule has 1 aromatic carbocycles. The molecule has 0 N–H and O–H groups in total. The number of amides is 2. The molecular weight excluding hydrogens is 368 g/mol. The van der Waals surface area contributed by atoms with Crippen LogP contribution in [0.15, 0.2) is 30.3 Å². The molecule has 6 heteroatoms. The third-order valence-corrected chi connectivity index (χ3v) is 6.42. The fourth-order valence-electron chi connectivity index (χ4n) is 4.83. The van der Waals surface area contributed by atoms with Gasteiger partial charge in [-0.1, -0.05) is 37.5 Å². The molecule has 158 valence electrons. The van der Waals surface area contributed by atoms with E-state index in [0.717, 1.165) is 18.6 Å². The van der Waals surface area contributed by atoms with Crippen LogP contribution in [0, 0.1) is 5.92 Å². The summed E-state index contributed by atoms with van der Waals surface area (Å²) in [4.78, 5) is 30.1. The van der Waals surface area contributed by atoms with Gasteiger partial charge in [-0.25, -0.2) is 0 Å². The van der Waals surface area contributed by atoms with E-state index in [1.54, 1.807) is 4.90 Å². The van der Waals surface area contributed by atoms with Crippen LogP contribution in [0.2, 0.25) is 0 Å². The molecule has 4 rings (SSSR count). The summed E-state index contributed by atoms with van der Waals surface area (Å²) in [6, 6.07) is 9.25. The topological polar surface area (TPSA) is 59.1 Å². The number of hydrogen-bond donors (Lipinski definition) is 0. The zero-order chi connectivity index (χ0) is 20.1. The number of carbonyl (C=O) groups is 2. The summed E-state index contributed by atoms with van der Waals surface area (Å²) in [6.07, 6.45) is 6.94. The number of ether oxygens (including phenoxy) is 2. The average Bonchev–Trinajstić information content (AvgIpc) is 3.19. The first-order chi connectivity index (χ1) is 14.2. The maximum atomic E-state index is 13.2. The van der Waals surface area contributed by atoms with Crippen LogP contribution in [0.4, 0.5) is 0 Å². The van der Waals surface area contributed by atoms with Crippen molar-refractivity contribution in [1.82, 2.24) is 9.80 Å². The molecule has 2 unspecified atom stereocenters. The van der Waals surface area contributed by atoms with Gasteiger partial charge in [0, 0.05) is 25.9 Å². The Hall–Kier alpha value is -2.08. The summed E-state index contributed by atoms with van der Waals surface area (Å²) in [5, 5.41) is 0. The van der Waals surface area contributed by atoms with Crippen LogP contribution in [-0.4, -0.2) is 66.6 Å². The molecule has 2 saturated heterocycles.